The molecule has 0 aromatic heterocycles. The third kappa shape index (κ3) is 2.55. The summed E-state index contributed by atoms with van der Waals surface area (Å²) < 4.78 is 11.5. The van der Waals surface area contributed by atoms with Crippen molar-refractivity contribution in [3.05, 3.63) is 22.2 Å². The average Bonchev–Trinajstić information content (AvgIpc) is 2.98. The van der Waals surface area contributed by atoms with Crippen LogP contribution in [0.4, 0.5) is 4.79 Å². The van der Waals surface area contributed by atoms with Crippen molar-refractivity contribution < 1.29 is 19.1 Å². The Morgan fingerprint density at radius 1 is 1.08 bits per heavy atom. The lowest BCUT2D eigenvalue weighted by Gasteiger charge is -2.24. The van der Waals surface area contributed by atoms with Crippen molar-refractivity contribution in [2.24, 2.45) is 0 Å². The molecule has 1 aliphatic carbocycles. The van der Waals surface area contributed by atoms with Crippen LogP contribution in [0.3, 0.4) is 0 Å². The summed E-state index contributed by atoms with van der Waals surface area (Å²) in [4.78, 5) is 26.7. The third-order valence-corrected chi connectivity index (χ3v) is 5.81. The van der Waals surface area contributed by atoms with Crippen molar-refractivity contribution in [1.29, 1.82) is 0 Å². The van der Waals surface area contributed by atoms with Gasteiger partial charge in [0.2, 0.25) is 6.79 Å². The summed E-state index contributed by atoms with van der Waals surface area (Å²) in [6, 6.07) is 3.34. The van der Waals surface area contributed by atoms with E-state index in [0.717, 1.165) is 48.6 Å². The largest absolute Gasteiger partial charge is 0.454 e. The van der Waals surface area contributed by atoms with Gasteiger partial charge in [0.1, 0.15) is 5.54 Å². The van der Waals surface area contributed by atoms with E-state index in [4.69, 9.17) is 9.47 Å². The third-order valence-electron chi connectivity index (χ3n) is 5.07. The van der Waals surface area contributed by atoms with E-state index in [-0.39, 0.29) is 25.3 Å². The molecule has 7 heteroatoms. The van der Waals surface area contributed by atoms with Crippen LogP contribution < -0.4 is 14.8 Å². The number of amides is 3. The summed E-state index contributed by atoms with van der Waals surface area (Å²) in [5.74, 6) is 1.21. The highest BCUT2D eigenvalue weighted by Crippen LogP contribution is 2.39. The molecule has 1 spiro atoms. The molecule has 3 amide bonds. The van der Waals surface area contributed by atoms with Crippen LogP contribution in [-0.2, 0) is 11.3 Å². The van der Waals surface area contributed by atoms with E-state index in [1.54, 1.807) is 0 Å². The van der Waals surface area contributed by atoms with Crippen LogP contribution in [0.2, 0.25) is 0 Å². The molecule has 1 aromatic carbocycles. The highest BCUT2D eigenvalue weighted by atomic mass is 79.9. The topological polar surface area (TPSA) is 67.9 Å². The maximum atomic E-state index is 13.0. The van der Waals surface area contributed by atoms with Gasteiger partial charge in [0.25, 0.3) is 5.91 Å². The molecule has 0 bridgehead atoms. The predicted octanol–water partition coefficient (Wildman–Crippen LogP) is 3.32. The number of halogens is 1. The first kappa shape index (κ1) is 15.7. The van der Waals surface area contributed by atoms with Gasteiger partial charge in [-0.3, -0.25) is 9.69 Å². The maximum Gasteiger partial charge on any atom is 0.325 e. The van der Waals surface area contributed by atoms with E-state index in [1.807, 2.05) is 12.1 Å². The van der Waals surface area contributed by atoms with Crippen molar-refractivity contribution in [2.75, 3.05) is 6.79 Å². The minimum absolute atomic E-state index is 0.0982. The number of urea groups is 1. The van der Waals surface area contributed by atoms with E-state index in [0.29, 0.717) is 11.5 Å². The quantitative estimate of drug-likeness (QED) is 0.781. The number of hydrogen-bond donors (Lipinski definition) is 1. The number of fused-ring (bicyclic) bond motifs is 1. The van der Waals surface area contributed by atoms with Gasteiger partial charge in [-0.15, -0.1) is 0 Å². The average molecular weight is 395 g/mol. The zero-order valence-corrected chi connectivity index (χ0v) is 14.9. The lowest BCUT2D eigenvalue weighted by atomic mass is 9.90. The van der Waals surface area contributed by atoms with Gasteiger partial charge in [0, 0.05) is 4.47 Å². The normalized spacial score (nSPS) is 22.0. The van der Waals surface area contributed by atoms with E-state index in [2.05, 4.69) is 21.2 Å². The zero-order chi connectivity index (χ0) is 16.7. The number of hydrogen-bond acceptors (Lipinski definition) is 4. The number of nitrogens with one attached hydrogen (secondary N) is 1. The molecule has 1 N–H and O–H groups in total. The number of imide groups is 1. The van der Waals surface area contributed by atoms with Crippen molar-refractivity contribution in [2.45, 2.75) is 50.6 Å². The Balaban J connectivity index is 1.59. The number of benzene rings is 1. The smallest absolute Gasteiger partial charge is 0.325 e. The Labute approximate surface area is 148 Å². The summed E-state index contributed by atoms with van der Waals surface area (Å²) in [6.07, 6.45) is 5.67. The first-order chi connectivity index (χ1) is 11.6. The molecule has 2 aliphatic heterocycles. The van der Waals surface area contributed by atoms with Crippen molar-refractivity contribution in [1.82, 2.24) is 10.2 Å². The second-order valence-corrected chi connectivity index (χ2v) is 7.47. The van der Waals surface area contributed by atoms with Gasteiger partial charge in [-0.2, -0.15) is 0 Å². The molecule has 128 valence electrons. The molecule has 0 unspecified atom stereocenters. The van der Waals surface area contributed by atoms with Crippen LogP contribution >= 0.6 is 15.9 Å². The molecule has 1 saturated heterocycles. The molecule has 4 rings (SSSR count). The maximum absolute atomic E-state index is 13.0. The first-order valence-electron chi connectivity index (χ1n) is 8.31. The Kier molecular flexibility index (Phi) is 3.90. The minimum Gasteiger partial charge on any atom is -0.454 e. The monoisotopic (exact) mass is 394 g/mol. The van der Waals surface area contributed by atoms with Gasteiger partial charge < -0.3 is 14.8 Å². The van der Waals surface area contributed by atoms with Gasteiger partial charge >= 0.3 is 6.03 Å². The molecule has 2 heterocycles. The lowest BCUT2D eigenvalue weighted by molar-refractivity contribution is -0.132. The molecule has 2 fully saturated rings. The zero-order valence-electron chi connectivity index (χ0n) is 13.3. The second-order valence-electron chi connectivity index (χ2n) is 6.61. The Hall–Kier alpha value is -1.76. The van der Waals surface area contributed by atoms with Crippen LogP contribution in [-0.4, -0.2) is 29.2 Å². The van der Waals surface area contributed by atoms with Crippen molar-refractivity contribution in [3.63, 3.8) is 0 Å². The van der Waals surface area contributed by atoms with Crippen LogP contribution in [0.5, 0.6) is 11.5 Å². The standard InChI is InChI=1S/C17H19BrN2O4/c18-12-8-14-13(23-10-24-14)7-11(12)9-20-15(21)17(19-16(20)22)5-3-1-2-4-6-17/h7-8H,1-6,9-10H2,(H,19,22). The molecule has 0 radical (unpaired) electrons. The highest BCUT2D eigenvalue weighted by molar-refractivity contribution is 9.10. The molecule has 3 aliphatic rings. The Morgan fingerprint density at radius 2 is 1.75 bits per heavy atom. The van der Waals surface area contributed by atoms with Crippen LogP contribution in [0.15, 0.2) is 16.6 Å². The van der Waals surface area contributed by atoms with Gasteiger partial charge in [-0.1, -0.05) is 41.6 Å². The molecule has 1 aromatic rings. The summed E-state index contributed by atoms with van der Waals surface area (Å²) in [5.41, 5.74) is 0.129. The van der Waals surface area contributed by atoms with Crippen LogP contribution in [0.25, 0.3) is 0 Å². The summed E-state index contributed by atoms with van der Waals surface area (Å²) in [7, 11) is 0. The van der Waals surface area contributed by atoms with E-state index in [1.165, 1.54) is 4.90 Å². The van der Waals surface area contributed by atoms with E-state index in [9.17, 15) is 9.59 Å². The Morgan fingerprint density at radius 3 is 2.46 bits per heavy atom. The van der Waals surface area contributed by atoms with Crippen LogP contribution in [0.1, 0.15) is 44.1 Å². The molecule has 1 saturated carbocycles. The number of rotatable bonds is 2. The van der Waals surface area contributed by atoms with Gasteiger partial charge in [0.15, 0.2) is 11.5 Å². The number of carbonyl (C=O) groups is 2. The summed E-state index contributed by atoms with van der Waals surface area (Å²) in [5, 5.41) is 2.97. The van der Waals surface area contributed by atoms with Crippen LogP contribution in [0, 0.1) is 0 Å². The second kappa shape index (κ2) is 5.95. The molecule has 0 atom stereocenters. The van der Waals surface area contributed by atoms with E-state index >= 15 is 0 Å². The predicted molar refractivity (Wildman–Crippen MR) is 89.8 cm³/mol. The highest BCUT2D eigenvalue weighted by Gasteiger charge is 2.50. The fourth-order valence-electron chi connectivity index (χ4n) is 3.74. The Bertz CT molecular complexity index is 698. The number of nitrogens with zero attached hydrogens (tertiary/aromatic N) is 1. The van der Waals surface area contributed by atoms with Gasteiger partial charge in [-0.25, -0.2) is 4.79 Å². The van der Waals surface area contributed by atoms with E-state index < -0.39 is 5.54 Å². The van der Waals surface area contributed by atoms with Crippen molar-refractivity contribution >= 4 is 27.9 Å². The molecular formula is C17H19BrN2O4. The fourth-order valence-corrected chi connectivity index (χ4v) is 4.19. The van der Waals surface area contributed by atoms with Gasteiger partial charge in [-0.05, 0) is 30.5 Å². The molecule has 24 heavy (non-hydrogen) atoms. The van der Waals surface area contributed by atoms with Gasteiger partial charge in [0.05, 0.1) is 6.54 Å². The minimum atomic E-state index is -0.698. The summed E-state index contributed by atoms with van der Waals surface area (Å²) in [6.45, 7) is 0.418. The number of ether oxygens (including phenoxy) is 2. The van der Waals surface area contributed by atoms with Crippen molar-refractivity contribution in [3.8, 4) is 11.5 Å². The first-order valence-corrected chi connectivity index (χ1v) is 9.10. The molecular weight excluding hydrogens is 376 g/mol. The fraction of sp³-hybridized carbons (Fsp3) is 0.529. The molecule has 6 nitrogen and oxygen atoms in total. The lowest BCUT2D eigenvalue weighted by Crippen LogP contribution is -2.46. The summed E-state index contributed by atoms with van der Waals surface area (Å²) >= 11 is 3.49. The number of carbonyl (C=O) groups excluding carboxylic acids is 2. The SMILES string of the molecule is O=C1NC2(CCCCCC2)C(=O)N1Cc1cc2c(cc1Br)OCO2.